The molecule has 2 heterocycles. The standard InChI is InChI=1S/C22H22Cl3N3O2S/c1-14-3-4-18(25)20-19(14)26-22(31-20)28(6-2-5-27-7-9-30-10-8-27)21(29)15-11-16(23)13-17(24)12-15/h3-4,11-13H,2,5-10H2,1H3. The number of fused-ring (bicyclic) bond motifs is 1. The lowest BCUT2D eigenvalue weighted by Gasteiger charge is -2.27. The minimum atomic E-state index is -0.181. The Bertz CT molecular complexity index is 1040. The molecule has 2 aromatic carbocycles. The van der Waals surface area contributed by atoms with Crippen molar-refractivity contribution >= 4 is 67.4 Å². The Labute approximate surface area is 200 Å². The Balaban J connectivity index is 1.64. The van der Waals surface area contributed by atoms with E-state index in [-0.39, 0.29) is 5.91 Å². The molecule has 1 aliphatic heterocycles. The van der Waals surface area contributed by atoms with Crippen molar-refractivity contribution in [2.24, 2.45) is 0 Å². The highest BCUT2D eigenvalue weighted by Crippen LogP contribution is 2.36. The molecule has 1 fully saturated rings. The largest absolute Gasteiger partial charge is 0.379 e. The molecular weight excluding hydrogens is 477 g/mol. The number of carbonyl (C=O) groups excluding carboxylic acids is 1. The molecule has 0 radical (unpaired) electrons. The van der Waals surface area contributed by atoms with Gasteiger partial charge in [-0.15, -0.1) is 0 Å². The summed E-state index contributed by atoms with van der Waals surface area (Å²) in [4.78, 5) is 22.3. The number of amides is 1. The van der Waals surface area contributed by atoms with E-state index in [1.807, 2.05) is 19.1 Å². The van der Waals surface area contributed by atoms with Crippen LogP contribution in [0.25, 0.3) is 10.2 Å². The van der Waals surface area contributed by atoms with Gasteiger partial charge in [0, 0.05) is 41.8 Å². The monoisotopic (exact) mass is 497 g/mol. The van der Waals surface area contributed by atoms with E-state index in [2.05, 4.69) is 4.90 Å². The first-order valence-electron chi connectivity index (χ1n) is 10.1. The lowest BCUT2D eigenvalue weighted by molar-refractivity contribution is 0.0376. The number of aryl methyl sites for hydroxylation is 1. The number of thiazole rings is 1. The predicted octanol–water partition coefficient (Wildman–Crippen LogP) is 5.93. The third-order valence-corrected chi connectivity index (χ3v) is 7.21. The minimum absolute atomic E-state index is 0.181. The van der Waals surface area contributed by atoms with Gasteiger partial charge in [0.2, 0.25) is 0 Å². The van der Waals surface area contributed by atoms with Gasteiger partial charge in [-0.1, -0.05) is 52.2 Å². The highest BCUT2D eigenvalue weighted by Gasteiger charge is 2.23. The molecule has 0 saturated carbocycles. The maximum absolute atomic E-state index is 13.5. The number of morpholine rings is 1. The number of nitrogens with zero attached hydrogens (tertiary/aromatic N) is 3. The van der Waals surface area contributed by atoms with Crippen molar-refractivity contribution in [3.8, 4) is 0 Å². The van der Waals surface area contributed by atoms with Gasteiger partial charge >= 0.3 is 0 Å². The molecule has 1 amide bonds. The van der Waals surface area contributed by atoms with E-state index in [4.69, 9.17) is 44.5 Å². The first-order valence-corrected chi connectivity index (χ1v) is 12.0. The third kappa shape index (κ3) is 5.33. The van der Waals surface area contributed by atoms with Gasteiger partial charge in [0.1, 0.15) is 0 Å². The second-order valence-electron chi connectivity index (χ2n) is 7.46. The van der Waals surface area contributed by atoms with Gasteiger partial charge < -0.3 is 4.74 Å². The van der Waals surface area contributed by atoms with Crippen molar-refractivity contribution in [1.82, 2.24) is 9.88 Å². The highest BCUT2D eigenvalue weighted by molar-refractivity contribution is 7.23. The molecule has 1 aromatic heterocycles. The van der Waals surface area contributed by atoms with Crippen LogP contribution >= 0.6 is 46.1 Å². The van der Waals surface area contributed by atoms with Gasteiger partial charge in [0.25, 0.3) is 5.91 Å². The first-order chi connectivity index (χ1) is 14.9. The van der Waals surface area contributed by atoms with Crippen LogP contribution in [0.15, 0.2) is 30.3 Å². The maximum atomic E-state index is 13.5. The molecular formula is C22H22Cl3N3O2S. The van der Waals surface area contributed by atoms with Crippen molar-refractivity contribution in [2.75, 3.05) is 44.3 Å². The SMILES string of the molecule is Cc1ccc(Cl)c2sc(N(CCCN3CCOCC3)C(=O)c3cc(Cl)cc(Cl)c3)nc12. The quantitative estimate of drug-likeness (QED) is 0.422. The number of anilines is 1. The summed E-state index contributed by atoms with van der Waals surface area (Å²) in [5.74, 6) is -0.181. The molecule has 9 heteroatoms. The zero-order valence-corrected chi connectivity index (χ0v) is 20.1. The molecule has 0 unspecified atom stereocenters. The molecule has 1 saturated heterocycles. The van der Waals surface area contributed by atoms with Crippen molar-refractivity contribution in [3.63, 3.8) is 0 Å². The summed E-state index contributed by atoms with van der Waals surface area (Å²) in [6.07, 6.45) is 0.808. The van der Waals surface area contributed by atoms with Crippen LogP contribution in [-0.2, 0) is 4.74 Å². The van der Waals surface area contributed by atoms with E-state index in [1.54, 1.807) is 23.1 Å². The predicted molar refractivity (Wildman–Crippen MR) is 129 cm³/mol. The van der Waals surface area contributed by atoms with Crippen molar-refractivity contribution in [3.05, 3.63) is 56.5 Å². The number of rotatable bonds is 6. The van der Waals surface area contributed by atoms with Crippen LogP contribution in [0, 0.1) is 6.92 Å². The maximum Gasteiger partial charge on any atom is 0.260 e. The lowest BCUT2D eigenvalue weighted by atomic mass is 10.2. The fourth-order valence-electron chi connectivity index (χ4n) is 3.60. The molecule has 4 rings (SSSR count). The Morgan fingerprint density at radius 3 is 2.55 bits per heavy atom. The number of carbonyl (C=O) groups is 1. The number of hydrogen-bond donors (Lipinski definition) is 0. The normalized spacial score (nSPS) is 14.8. The van der Waals surface area contributed by atoms with Gasteiger partial charge in [-0.2, -0.15) is 0 Å². The Morgan fingerprint density at radius 1 is 1.16 bits per heavy atom. The van der Waals surface area contributed by atoms with Crippen LogP contribution in [0.5, 0.6) is 0 Å². The summed E-state index contributed by atoms with van der Waals surface area (Å²) in [6, 6.07) is 8.69. The summed E-state index contributed by atoms with van der Waals surface area (Å²) in [5.41, 5.74) is 2.28. The molecule has 31 heavy (non-hydrogen) atoms. The molecule has 0 atom stereocenters. The van der Waals surface area contributed by atoms with Crippen LogP contribution in [-0.4, -0.2) is 55.2 Å². The molecule has 5 nitrogen and oxygen atoms in total. The van der Waals surface area contributed by atoms with Gasteiger partial charge in [-0.25, -0.2) is 4.98 Å². The molecule has 0 aliphatic carbocycles. The minimum Gasteiger partial charge on any atom is -0.379 e. The average molecular weight is 499 g/mol. The van der Waals surface area contributed by atoms with E-state index < -0.39 is 0 Å². The Hall–Kier alpha value is -1.41. The lowest BCUT2D eigenvalue weighted by Crippen LogP contribution is -2.39. The smallest absolute Gasteiger partial charge is 0.260 e. The molecule has 1 aliphatic rings. The van der Waals surface area contributed by atoms with E-state index in [0.717, 1.165) is 55.0 Å². The van der Waals surface area contributed by atoms with E-state index in [0.29, 0.717) is 32.3 Å². The van der Waals surface area contributed by atoms with Crippen molar-refractivity contribution in [2.45, 2.75) is 13.3 Å². The van der Waals surface area contributed by atoms with Gasteiger partial charge in [0.05, 0.1) is 28.5 Å². The molecule has 0 bridgehead atoms. The first kappa shape index (κ1) is 22.8. The van der Waals surface area contributed by atoms with Crippen LogP contribution in [0.4, 0.5) is 5.13 Å². The summed E-state index contributed by atoms with van der Waals surface area (Å²) in [5, 5.41) is 2.10. The van der Waals surface area contributed by atoms with E-state index in [1.165, 1.54) is 11.3 Å². The summed E-state index contributed by atoms with van der Waals surface area (Å²) >= 11 is 20.1. The van der Waals surface area contributed by atoms with Crippen molar-refractivity contribution in [1.29, 1.82) is 0 Å². The topological polar surface area (TPSA) is 45.7 Å². The Kier molecular flexibility index (Phi) is 7.37. The highest BCUT2D eigenvalue weighted by atomic mass is 35.5. The van der Waals surface area contributed by atoms with Crippen LogP contribution in [0.2, 0.25) is 15.1 Å². The molecule has 3 aromatic rings. The number of halogens is 3. The van der Waals surface area contributed by atoms with Gasteiger partial charge in [0.15, 0.2) is 5.13 Å². The van der Waals surface area contributed by atoms with Crippen LogP contribution < -0.4 is 4.90 Å². The van der Waals surface area contributed by atoms with Crippen LogP contribution in [0.3, 0.4) is 0 Å². The van der Waals surface area contributed by atoms with Gasteiger partial charge in [-0.3, -0.25) is 14.6 Å². The molecule has 0 N–H and O–H groups in total. The van der Waals surface area contributed by atoms with Gasteiger partial charge in [-0.05, 0) is 43.2 Å². The third-order valence-electron chi connectivity index (χ3n) is 5.23. The fourth-order valence-corrected chi connectivity index (χ4v) is 5.47. The van der Waals surface area contributed by atoms with Crippen LogP contribution in [0.1, 0.15) is 22.3 Å². The number of ether oxygens (including phenoxy) is 1. The average Bonchev–Trinajstić information content (AvgIpc) is 3.20. The van der Waals surface area contributed by atoms with E-state index >= 15 is 0 Å². The molecule has 164 valence electrons. The zero-order chi connectivity index (χ0) is 22.0. The summed E-state index contributed by atoms with van der Waals surface area (Å²) in [7, 11) is 0. The number of hydrogen-bond acceptors (Lipinski definition) is 5. The second-order valence-corrected chi connectivity index (χ2v) is 9.72. The second kappa shape index (κ2) is 10.0. The number of benzene rings is 2. The van der Waals surface area contributed by atoms with E-state index in [9.17, 15) is 4.79 Å². The summed E-state index contributed by atoms with van der Waals surface area (Å²) < 4.78 is 6.30. The van der Waals surface area contributed by atoms with Crippen molar-refractivity contribution < 1.29 is 9.53 Å². The summed E-state index contributed by atoms with van der Waals surface area (Å²) in [6.45, 7) is 6.72. The molecule has 0 spiro atoms. The fraction of sp³-hybridized carbons (Fsp3) is 0.364. The number of aromatic nitrogens is 1. The zero-order valence-electron chi connectivity index (χ0n) is 17.0. The Morgan fingerprint density at radius 2 is 1.87 bits per heavy atom.